The summed E-state index contributed by atoms with van der Waals surface area (Å²) >= 11 is 0. The molecule has 0 spiro atoms. The quantitative estimate of drug-likeness (QED) is 0.610. The first-order chi connectivity index (χ1) is 7.02. The van der Waals surface area contributed by atoms with E-state index in [0.717, 1.165) is 12.8 Å². The van der Waals surface area contributed by atoms with Crippen molar-refractivity contribution in [2.75, 3.05) is 6.54 Å². The van der Waals surface area contributed by atoms with E-state index in [1.54, 1.807) is 6.92 Å². The van der Waals surface area contributed by atoms with Crippen LogP contribution in [0, 0.1) is 0 Å². The number of aliphatic hydroxyl groups is 1. The SMILES string of the molecule is CCCCCCC(=O)NCC(C)(O)CC. The highest BCUT2D eigenvalue weighted by Gasteiger charge is 2.17. The smallest absolute Gasteiger partial charge is 0.220 e. The molecule has 0 heterocycles. The topological polar surface area (TPSA) is 49.3 Å². The summed E-state index contributed by atoms with van der Waals surface area (Å²) in [6.45, 7) is 6.16. The molecule has 1 atom stereocenters. The van der Waals surface area contributed by atoms with E-state index in [1.165, 1.54) is 12.8 Å². The average Bonchev–Trinajstić information content (AvgIpc) is 2.22. The normalized spacial score (nSPS) is 14.7. The van der Waals surface area contributed by atoms with Crippen LogP contribution in [-0.4, -0.2) is 23.2 Å². The number of hydrogen-bond donors (Lipinski definition) is 2. The van der Waals surface area contributed by atoms with E-state index in [4.69, 9.17) is 0 Å². The molecule has 0 aliphatic carbocycles. The van der Waals surface area contributed by atoms with Crippen molar-refractivity contribution in [3.05, 3.63) is 0 Å². The van der Waals surface area contributed by atoms with Crippen molar-refractivity contribution >= 4 is 5.91 Å². The molecule has 0 aliphatic rings. The van der Waals surface area contributed by atoms with Crippen LogP contribution in [0.25, 0.3) is 0 Å². The lowest BCUT2D eigenvalue weighted by Gasteiger charge is -2.21. The van der Waals surface area contributed by atoms with Crippen LogP contribution >= 0.6 is 0 Å². The Morgan fingerprint density at radius 3 is 2.47 bits per heavy atom. The van der Waals surface area contributed by atoms with Crippen LogP contribution in [0.2, 0.25) is 0 Å². The van der Waals surface area contributed by atoms with E-state index in [0.29, 0.717) is 19.4 Å². The van der Waals surface area contributed by atoms with Gasteiger partial charge in [0, 0.05) is 13.0 Å². The second-order valence-corrected chi connectivity index (χ2v) is 4.44. The first-order valence-electron chi connectivity index (χ1n) is 6.01. The van der Waals surface area contributed by atoms with Gasteiger partial charge in [0.2, 0.25) is 5.91 Å². The lowest BCUT2D eigenvalue weighted by molar-refractivity contribution is -0.122. The Labute approximate surface area is 93.3 Å². The molecule has 1 amide bonds. The molecule has 0 saturated heterocycles. The second-order valence-electron chi connectivity index (χ2n) is 4.44. The Morgan fingerprint density at radius 2 is 1.93 bits per heavy atom. The van der Waals surface area contributed by atoms with Gasteiger partial charge in [-0.15, -0.1) is 0 Å². The van der Waals surface area contributed by atoms with Gasteiger partial charge in [0.15, 0.2) is 0 Å². The van der Waals surface area contributed by atoms with Crippen molar-refractivity contribution in [2.24, 2.45) is 0 Å². The Bertz CT molecular complexity index is 178. The van der Waals surface area contributed by atoms with Gasteiger partial charge in [-0.3, -0.25) is 4.79 Å². The van der Waals surface area contributed by atoms with Crippen molar-refractivity contribution in [3.63, 3.8) is 0 Å². The lowest BCUT2D eigenvalue weighted by atomic mass is 10.0. The van der Waals surface area contributed by atoms with Crippen LogP contribution in [0.1, 0.15) is 59.3 Å². The number of amides is 1. The highest BCUT2D eigenvalue weighted by Crippen LogP contribution is 2.06. The Morgan fingerprint density at radius 1 is 1.27 bits per heavy atom. The number of carbonyl (C=O) groups is 1. The zero-order valence-electron chi connectivity index (χ0n) is 10.3. The summed E-state index contributed by atoms with van der Waals surface area (Å²) < 4.78 is 0. The third-order valence-electron chi connectivity index (χ3n) is 2.69. The van der Waals surface area contributed by atoms with Gasteiger partial charge in [0.1, 0.15) is 0 Å². The molecule has 1 unspecified atom stereocenters. The number of carbonyl (C=O) groups excluding carboxylic acids is 1. The molecule has 90 valence electrons. The van der Waals surface area contributed by atoms with Crippen LogP contribution in [0.5, 0.6) is 0 Å². The fraction of sp³-hybridized carbons (Fsp3) is 0.917. The van der Waals surface area contributed by atoms with Crippen LogP contribution in [0.3, 0.4) is 0 Å². The standard InChI is InChI=1S/C12H25NO2/c1-4-6-7-8-9-11(14)13-10-12(3,15)5-2/h15H,4-10H2,1-3H3,(H,13,14). The third kappa shape index (κ3) is 8.43. The minimum Gasteiger partial charge on any atom is -0.388 e. The highest BCUT2D eigenvalue weighted by atomic mass is 16.3. The largest absolute Gasteiger partial charge is 0.388 e. The molecule has 0 aromatic heterocycles. The summed E-state index contributed by atoms with van der Waals surface area (Å²) in [6.07, 6.45) is 5.69. The summed E-state index contributed by atoms with van der Waals surface area (Å²) in [5.41, 5.74) is -0.765. The molecule has 0 rings (SSSR count). The maximum Gasteiger partial charge on any atom is 0.220 e. The summed E-state index contributed by atoms with van der Waals surface area (Å²) in [6, 6.07) is 0. The molecule has 0 aromatic rings. The maximum absolute atomic E-state index is 11.3. The first kappa shape index (κ1) is 14.4. The summed E-state index contributed by atoms with van der Waals surface area (Å²) in [4.78, 5) is 11.3. The molecule has 3 nitrogen and oxygen atoms in total. The second kappa shape index (κ2) is 7.69. The van der Waals surface area contributed by atoms with E-state index in [2.05, 4.69) is 12.2 Å². The molecule has 0 radical (unpaired) electrons. The molecule has 15 heavy (non-hydrogen) atoms. The minimum absolute atomic E-state index is 0.0554. The zero-order chi connectivity index (χ0) is 11.7. The van der Waals surface area contributed by atoms with Gasteiger partial charge in [0.05, 0.1) is 5.60 Å². The number of hydrogen-bond acceptors (Lipinski definition) is 2. The highest BCUT2D eigenvalue weighted by molar-refractivity contribution is 5.75. The van der Waals surface area contributed by atoms with E-state index in [9.17, 15) is 9.90 Å². The molecule has 0 bridgehead atoms. The van der Waals surface area contributed by atoms with Crippen LogP contribution in [-0.2, 0) is 4.79 Å². The van der Waals surface area contributed by atoms with Gasteiger partial charge < -0.3 is 10.4 Å². The average molecular weight is 215 g/mol. The summed E-state index contributed by atoms with van der Waals surface area (Å²) in [5.74, 6) is 0.0554. The van der Waals surface area contributed by atoms with Crippen LogP contribution < -0.4 is 5.32 Å². The van der Waals surface area contributed by atoms with Gasteiger partial charge in [-0.2, -0.15) is 0 Å². The fourth-order valence-corrected chi connectivity index (χ4v) is 1.21. The van der Waals surface area contributed by atoms with E-state index < -0.39 is 5.60 Å². The van der Waals surface area contributed by atoms with Gasteiger partial charge in [-0.1, -0.05) is 33.1 Å². The van der Waals surface area contributed by atoms with E-state index in [-0.39, 0.29) is 5.91 Å². The Hall–Kier alpha value is -0.570. The molecule has 0 aliphatic heterocycles. The molecule has 0 aromatic carbocycles. The minimum atomic E-state index is -0.765. The molecule has 2 N–H and O–H groups in total. The van der Waals surface area contributed by atoms with Crippen molar-refractivity contribution in [2.45, 2.75) is 64.9 Å². The van der Waals surface area contributed by atoms with Gasteiger partial charge in [0.25, 0.3) is 0 Å². The first-order valence-corrected chi connectivity index (χ1v) is 6.01. The number of rotatable bonds is 8. The van der Waals surface area contributed by atoms with Crippen molar-refractivity contribution in [3.8, 4) is 0 Å². The monoisotopic (exact) mass is 215 g/mol. The van der Waals surface area contributed by atoms with Crippen molar-refractivity contribution in [1.82, 2.24) is 5.32 Å². The van der Waals surface area contributed by atoms with E-state index >= 15 is 0 Å². The fourth-order valence-electron chi connectivity index (χ4n) is 1.21. The maximum atomic E-state index is 11.3. The molecule has 3 heteroatoms. The Kier molecular flexibility index (Phi) is 7.39. The number of nitrogens with one attached hydrogen (secondary N) is 1. The van der Waals surface area contributed by atoms with Crippen LogP contribution in [0.15, 0.2) is 0 Å². The predicted molar refractivity (Wildman–Crippen MR) is 62.7 cm³/mol. The zero-order valence-corrected chi connectivity index (χ0v) is 10.3. The predicted octanol–water partition coefficient (Wildman–Crippen LogP) is 2.23. The summed E-state index contributed by atoms with van der Waals surface area (Å²) in [7, 11) is 0. The van der Waals surface area contributed by atoms with E-state index in [1.807, 2.05) is 6.92 Å². The third-order valence-corrected chi connectivity index (χ3v) is 2.69. The lowest BCUT2D eigenvalue weighted by Crippen LogP contribution is -2.39. The number of unbranched alkanes of at least 4 members (excludes halogenated alkanes) is 3. The Balaban J connectivity index is 3.49. The molecule has 0 saturated carbocycles. The molecular formula is C12H25NO2. The molecular weight excluding hydrogens is 190 g/mol. The van der Waals surface area contributed by atoms with Crippen molar-refractivity contribution < 1.29 is 9.90 Å². The summed E-state index contributed by atoms with van der Waals surface area (Å²) in [5, 5.41) is 12.4. The van der Waals surface area contributed by atoms with Crippen LogP contribution in [0.4, 0.5) is 0 Å². The molecule has 0 fully saturated rings. The van der Waals surface area contributed by atoms with Gasteiger partial charge in [-0.25, -0.2) is 0 Å². The van der Waals surface area contributed by atoms with Crippen molar-refractivity contribution in [1.29, 1.82) is 0 Å². The van der Waals surface area contributed by atoms with Gasteiger partial charge >= 0.3 is 0 Å². The van der Waals surface area contributed by atoms with Gasteiger partial charge in [-0.05, 0) is 19.8 Å².